The molecule has 0 radical (unpaired) electrons. The lowest BCUT2D eigenvalue weighted by atomic mass is 9.90. The summed E-state index contributed by atoms with van der Waals surface area (Å²) in [7, 11) is 0. The first-order valence-corrected chi connectivity index (χ1v) is 3.67. The lowest BCUT2D eigenvalue weighted by Crippen LogP contribution is -2.06. The fraction of sp³-hybridized carbons (Fsp3) is 0.625. The van der Waals surface area contributed by atoms with Crippen LogP contribution < -0.4 is 0 Å². The van der Waals surface area contributed by atoms with Gasteiger partial charge in [-0.1, -0.05) is 6.08 Å². The maximum atomic E-state index is 4.23. The average molecular weight is 121 g/mol. The maximum absolute atomic E-state index is 4.23. The van der Waals surface area contributed by atoms with Crippen LogP contribution in [-0.4, -0.2) is 12.8 Å². The molecule has 0 spiro atoms. The van der Waals surface area contributed by atoms with Crippen molar-refractivity contribution >= 4 is 6.21 Å². The molecule has 1 atom stereocenters. The fourth-order valence-electron chi connectivity index (χ4n) is 1.61. The van der Waals surface area contributed by atoms with Crippen molar-refractivity contribution < 1.29 is 0 Å². The quantitative estimate of drug-likeness (QED) is 0.463. The van der Waals surface area contributed by atoms with Crippen LogP contribution in [0.5, 0.6) is 0 Å². The predicted octanol–water partition coefficient (Wildman–Crippen LogP) is 1.80. The van der Waals surface area contributed by atoms with Crippen molar-refractivity contribution in [3.8, 4) is 0 Å². The number of fused-ring (bicyclic) bond motifs is 1. The Balaban J connectivity index is 2.23. The number of allylic oxidation sites excluding steroid dienone is 1. The normalized spacial score (nSPS) is 32.0. The monoisotopic (exact) mass is 121 g/mol. The van der Waals surface area contributed by atoms with E-state index in [1.807, 2.05) is 6.21 Å². The van der Waals surface area contributed by atoms with E-state index in [2.05, 4.69) is 11.1 Å². The van der Waals surface area contributed by atoms with Gasteiger partial charge in [-0.25, -0.2) is 0 Å². The largest absolute Gasteiger partial charge is 0.292 e. The first-order chi connectivity index (χ1) is 4.47. The zero-order valence-electron chi connectivity index (χ0n) is 5.51. The highest BCUT2D eigenvalue weighted by Crippen LogP contribution is 2.26. The molecule has 0 aromatic carbocycles. The maximum Gasteiger partial charge on any atom is 0.0458 e. The zero-order valence-corrected chi connectivity index (χ0v) is 5.51. The van der Waals surface area contributed by atoms with Crippen LogP contribution in [-0.2, 0) is 0 Å². The van der Waals surface area contributed by atoms with E-state index in [9.17, 15) is 0 Å². The molecule has 9 heavy (non-hydrogen) atoms. The Kier molecular flexibility index (Phi) is 1.15. The van der Waals surface area contributed by atoms with Crippen molar-refractivity contribution in [1.29, 1.82) is 0 Å². The lowest BCUT2D eigenvalue weighted by molar-refractivity contribution is 0.554. The number of nitrogens with zero attached hydrogens (tertiary/aromatic N) is 1. The molecule has 0 aromatic heterocycles. The second-order valence-corrected chi connectivity index (χ2v) is 2.83. The van der Waals surface area contributed by atoms with Crippen LogP contribution in [0.4, 0.5) is 0 Å². The third-order valence-electron chi connectivity index (χ3n) is 2.17. The number of aliphatic imine (C=N–C) groups is 1. The minimum absolute atomic E-state index is 0.804. The van der Waals surface area contributed by atoms with E-state index < -0.39 is 0 Å². The van der Waals surface area contributed by atoms with Crippen LogP contribution in [0.2, 0.25) is 0 Å². The SMILES string of the molecule is C1=NCC2CCCC=C12. The summed E-state index contributed by atoms with van der Waals surface area (Å²) in [4.78, 5) is 4.23. The van der Waals surface area contributed by atoms with Gasteiger partial charge < -0.3 is 0 Å². The van der Waals surface area contributed by atoms with E-state index in [1.165, 1.54) is 24.8 Å². The van der Waals surface area contributed by atoms with E-state index in [0.717, 1.165) is 12.5 Å². The molecule has 1 unspecified atom stereocenters. The lowest BCUT2D eigenvalue weighted by Gasteiger charge is -2.14. The Morgan fingerprint density at radius 3 is 3.44 bits per heavy atom. The van der Waals surface area contributed by atoms with Crippen molar-refractivity contribution in [2.24, 2.45) is 10.9 Å². The summed E-state index contributed by atoms with van der Waals surface area (Å²) in [6.45, 7) is 1.06. The molecular formula is C8H11N. The Hall–Kier alpha value is -0.590. The molecule has 1 nitrogen and oxygen atoms in total. The molecule has 1 heteroatoms. The fourth-order valence-corrected chi connectivity index (χ4v) is 1.61. The highest BCUT2D eigenvalue weighted by atomic mass is 14.8. The highest BCUT2D eigenvalue weighted by Gasteiger charge is 2.18. The first kappa shape index (κ1) is 5.21. The van der Waals surface area contributed by atoms with E-state index in [0.29, 0.717) is 0 Å². The first-order valence-electron chi connectivity index (χ1n) is 3.67. The molecule has 1 aliphatic heterocycles. The molecule has 0 amide bonds. The minimum atomic E-state index is 0.804. The number of hydrogen-bond donors (Lipinski definition) is 0. The van der Waals surface area contributed by atoms with Crippen LogP contribution in [0.15, 0.2) is 16.6 Å². The third-order valence-corrected chi connectivity index (χ3v) is 2.17. The van der Waals surface area contributed by atoms with Crippen LogP contribution in [0, 0.1) is 5.92 Å². The Labute approximate surface area is 55.5 Å². The van der Waals surface area contributed by atoms with Crippen molar-refractivity contribution in [3.05, 3.63) is 11.6 Å². The highest BCUT2D eigenvalue weighted by molar-refractivity contribution is 5.81. The molecular weight excluding hydrogens is 110 g/mol. The molecule has 0 saturated heterocycles. The van der Waals surface area contributed by atoms with E-state index in [-0.39, 0.29) is 0 Å². The topological polar surface area (TPSA) is 12.4 Å². The number of hydrogen-bond acceptors (Lipinski definition) is 1. The standard InChI is InChI=1S/C8H11N/c1-2-4-8-6-9-5-7(8)3-1/h3,5,8H,1-2,4,6H2. The summed E-state index contributed by atoms with van der Waals surface area (Å²) in [5.41, 5.74) is 1.50. The van der Waals surface area contributed by atoms with Gasteiger partial charge in [0.05, 0.1) is 0 Å². The van der Waals surface area contributed by atoms with Crippen LogP contribution in [0.3, 0.4) is 0 Å². The van der Waals surface area contributed by atoms with Crippen molar-refractivity contribution in [2.75, 3.05) is 6.54 Å². The molecule has 48 valence electrons. The van der Waals surface area contributed by atoms with E-state index in [4.69, 9.17) is 0 Å². The summed E-state index contributed by atoms with van der Waals surface area (Å²) < 4.78 is 0. The van der Waals surface area contributed by atoms with Crippen LogP contribution in [0.25, 0.3) is 0 Å². The summed E-state index contributed by atoms with van der Waals surface area (Å²) >= 11 is 0. The van der Waals surface area contributed by atoms with E-state index in [1.54, 1.807) is 0 Å². The molecule has 2 aliphatic rings. The summed E-state index contributed by atoms with van der Waals surface area (Å²) in [6.07, 6.45) is 8.40. The number of rotatable bonds is 0. The molecule has 1 heterocycles. The van der Waals surface area contributed by atoms with Crippen LogP contribution >= 0.6 is 0 Å². The van der Waals surface area contributed by atoms with Gasteiger partial charge in [0.2, 0.25) is 0 Å². The minimum Gasteiger partial charge on any atom is -0.292 e. The summed E-state index contributed by atoms with van der Waals surface area (Å²) in [5.74, 6) is 0.804. The van der Waals surface area contributed by atoms with Gasteiger partial charge in [0, 0.05) is 18.7 Å². The second-order valence-electron chi connectivity index (χ2n) is 2.83. The van der Waals surface area contributed by atoms with Gasteiger partial charge in [-0.2, -0.15) is 0 Å². The average Bonchev–Trinajstić information content (AvgIpc) is 2.33. The van der Waals surface area contributed by atoms with Gasteiger partial charge in [0.1, 0.15) is 0 Å². The van der Waals surface area contributed by atoms with Gasteiger partial charge in [-0.15, -0.1) is 0 Å². The molecule has 0 N–H and O–H groups in total. The summed E-state index contributed by atoms with van der Waals surface area (Å²) in [5, 5.41) is 0. The Bertz CT molecular complexity index is 167. The van der Waals surface area contributed by atoms with Gasteiger partial charge in [-0.05, 0) is 24.8 Å². The van der Waals surface area contributed by atoms with E-state index >= 15 is 0 Å². The van der Waals surface area contributed by atoms with Gasteiger partial charge in [0.25, 0.3) is 0 Å². The second kappa shape index (κ2) is 1.98. The van der Waals surface area contributed by atoms with Gasteiger partial charge in [0.15, 0.2) is 0 Å². The molecule has 0 saturated carbocycles. The smallest absolute Gasteiger partial charge is 0.0458 e. The van der Waals surface area contributed by atoms with Crippen LogP contribution in [0.1, 0.15) is 19.3 Å². The molecule has 0 fully saturated rings. The van der Waals surface area contributed by atoms with Gasteiger partial charge in [-0.3, -0.25) is 4.99 Å². The molecule has 0 aromatic rings. The Morgan fingerprint density at radius 2 is 2.56 bits per heavy atom. The van der Waals surface area contributed by atoms with Crippen molar-refractivity contribution in [1.82, 2.24) is 0 Å². The third kappa shape index (κ3) is 0.805. The molecule has 1 aliphatic carbocycles. The Morgan fingerprint density at radius 1 is 1.56 bits per heavy atom. The molecule has 0 bridgehead atoms. The predicted molar refractivity (Wildman–Crippen MR) is 38.8 cm³/mol. The van der Waals surface area contributed by atoms with Gasteiger partial charge >= 0.3 is 0 Å². The van der Waals surface area contributed by atoms with Crippen molar-refractivity contribution in [2.45, 2.75) is 19.3 Å². The van der Waals surface area contributed by atoms with Crippen molar-refractivity contribution in [3.63, 3.8) is 0 Å². The summed E-state index contributed by atoms with van der Waals surface area (Å²) in [6, 6.07) is 0. The zero-order chi connectivity index (χ0) is 6.10. The molecule has 2 rings (SSSR count).